The molecule has 0 N–H and O–H groups in total. The topological polar surface area (TPSA) is 35.3 Å². The van der Waals surface area contributed by atoms with E-state index in [-0.39, 0.29) is 6.08 Å². The molecule has 0 fully saturated rings. The highest BCUT2D eigenvalue weighted by Crippen LogP contribution is 2.23. The Balaban J connectivity index is 2.08. The Morgan fingerprint density at radius 2 is 2.12 bits per heavy atom. The molecule has 84 valence electrons. The first-order chi connectivity index (χ1) is 7.81. The van der Waals surface area contributed by atoms with Gasteiger partial charge in [-0.05, 0) is 30.5 Å². The van der Waals surface area contributed by atoms with Crippen molar-refractivity contribution in [3.05, 3.63) is 36.2 Å². The zero-order valence-electron chi connectivity index (χ0n) is 8.64. The first kappa shape index (κ1) is 11.4. The largest absolute Gasteiger partial charge is 0.417 e. The van der Waals surface area contributed by atoms with Crippen LogP contribution in [0.5, 0.6) is 11.8 Å². The van der Waals surface area contributed by atoms with Crippen LogP contribution in [0.4, 0.5) is 0 Å². The van der Waals surface area contributed by atoms with Gasteiger partial charge in [0.15, 0.2) is 0 Å². The Kier molecular flexibility index (Phi) is 3.74. The van der Waals surface area contributed by atoms with Crippen LogP contribution >= 0.6 is 23.4 Å². The highest BCUT2D eigenvalue weighted by molar-refractivity contribution is 7.98. The van der Waals surface area contributed by atoms with Gasteiger partial charge in [-0.1, -0.05) is 0 Å². The lowest BCUT2D eigenvalue weighted by Crippen LogP contribution is -1.84. The smallest absolute Gasteiger partial charge is 0.399 e. The molecule has 1 heterocycles. The van der Waals surface area contributed by atoms with Gasteiger partial charge in [0.2, 0.25) is 0 Å². The van der Waals surface area contributed by atoms with Gasteiger partial charge in [0.05, 0.1) is 11.6 Å². The molecule has 0 aliphatic rings. The molecule has 0 bridgehead atoms. The Morgan fingerprint density at radius 3 is 2.69 bits per heavy atom. The number of hydrogen-bond acceptors (Lipinski definition) is 4. The summed E-state index contributed by atoms with van der Waals surface area (Å²) in [5.74, 6) is 1.01. The number of ether oxygens (including phenoxy) is 1. The molecule has 2 rings (SSSR count). The minimum Gasteiger partial charge on any atom is -0.417 e. The number of alkyl halides is 1. The Bertz CT molecular complexity index is 455. The molecule has 0 radical (unpaired) electrons. The second-order valence-electron chi connectivity index (χ2n) is 3.02. The van der Waals surface area contributed by atoms with E-state index in [0.29, 0.717) is 17.3 Å². The second kappa shape index (κ2) is 5.27. The summed E-state index contributed by atoms with van der Waals surface area (Å²) < 4.78 is 10.5. The molecule has 0 atom stereocenters. The number of benzene rings is 1. The number of aromatic nitrogens is 1. The summed E-state index contributed by atoms with van der Waals surface area (Å²) in [4.78, 5) is 5.22. The van der Waals surface area contributed by atoms with Gasteiger partial charge in [-0.3, -0.25) is 0 Å². The van der Waals surface area contributed by atoms with Crippen molar-refractivity contribution in [1.29, 1.82) is 0 Å². The molecule has 0 aliphatic carbocycles. The zero-order valence-corrected chi connectivity index (χ0v) is 10.2. The summed E-state index contributed by atoms with van der Waals surface area (Å²) in [6, 6.07) is 7.70. The van der Waals surface area contributed by atoms with Crippen molar-refractivity contribution in [1.82, 2.24) is 4.98 Å². The maximum Gasteiger partial charge on any atom is 0.399 e. The van der Waals surface area contributed by atoms with Crippen LogP contribution in [-0.2, 0) is 5.88 Å². The van der Waals surface area contributed by atoms with E-state index in [9.17, 15) is 0 Å². The molecule has 16 heavy (non-hydrogen) atoms. The molecule has 0 saturated heterocycles. The van der Waals surface area contributed by atoms with Crippen molar-refractivity contribution in [2.75, 3.05) is 6.26 Å². The third-order valence-corrected chi connectivity index (χ3v) is 2.95. The number of nitrogens with zero attached hydrogens (tertiary/aromatic N) is 1. The molecule has 0 unspecified atom stereocenters. The third-order valence-electron chi connectivity index (χ3n) is 1.93. The molecule has 0 spiro atoms. The first-order valence-corrected chi connectivity index (χ1v) is 6.40. The summed E-state index contributed by atoms with van der Waals surface area (Å²) in [6.45, 7) is 0. The van der Waals surface area contributed by atoms with Crippen molar-refractivity contribution in [3.8, 4) is 11.8 Å². The maximum atomic E-state index is 5.60. The molecule has 2 aromatic rings. The fraction of sp³-hybridized carbons (Fsp3) is 0.182. The van der Waals surface area contributed by atoms with Gasteiger partial charge in [0, 0.05) is 4.90 Å². The van der Waals surface area contributed by atoms with Gasteiger partial charge in [-0.15, -0.1) is 23.4 Å². The van der Waals surface area contributed by atoms with Gasteiger partial charge in [-0.25, -0.2) is 0 Å². The summed E-state index contributed by atoms with van der Waals surface area (Å²) in [6.07, 6.45) is 3.72. The highest BCUT2D eigenvalue weighted by Gasteiger charge is 2.05. The first-order valence-electron chi connectivity index (χ1n) is 4.64. The molecular formula is C11H10ClNO2S. The Morgan fingerprint density at radius 1 is 1.38 bits per heavy atom. The minimum atomic E-state index is 0.215. The summed E-state index contributed by atoms with van der Waals surface area (Å²) in [7, 11) is 0. The van der Waals surface area contributed by atoms with E-state index < -0.39 is 0 Å². The predicted octanol–water partition coefficient (Wildman–Crippen LogP) is 3.93. The van der Waals surface area contributed by atoms with E-state index in [1.807, 2.05) is 30.5 Å². The van der Waals surface area contributed by atoms with E-state index in [2.05, 4.69) is 4.98 Å². The molecule has 3 nitrogen and oxygen atoms in total. The van der Waals surface area contributed by atoms with Crippen molar-refractivity contribution in [2.45, 2.75) is 10.8 Å². The number of halogens is 1. The summed E-state index contributed by atoms with van der Waals surface area (Å²) in [5, 5.41) is 0. The standard InChI is InChI=1S/C11H10ClNO2S/c1-16-10-4-2-9(3-5-10)15-11-13-8(6-12)7-14-11/h2-5,7H,6H2,1H3. The van der Waals surface area contributed by atoms with Crippen LogP contribution in [0.25, 0.3) is 0 Å². The van der Waals surface area contributed by atoms with Crippen LogP contribution in [0.1, 0.15) is 5.69 Å². The quantitative estimate of drug-likeness (QED) is 0.613. The van der Waals surface area contributed by atoms with Crippen molar-refractivity contribution >= 4 is 23.4 Å². The maximum absolute atomic E-state index is 5.60. The molecule has 5 heteroatoms. The predicted molar refractivity (Wildman–Crippen MR) is 64.4 cm³/mol. The zero-order chi connectivity index (χ0) is 11.4. The fourth-order valence-electron chi connectivity index (χ4n) is 1.14. The number of hydrogen-bond donors (Lipinski definition) is 0. The van der Waals surface area contributed by atoms with Crippen LogP contribution in [0, 0.1) is 0 Å². The van der Waals surface area contributed by atoms with E-state index in [0.717, 1.165) is 0 Å². The average molecular weight is 256 g/mol. The molecule has 1 aromatic heterocycles. The van der Waals surface area contributed by atoms with E-state index >= 15 is 0 Å². The highest BCUT2D eigenvalue weighted by atomic mass is 35.5. The number of oxazole rings is 1. The monoisotopic (exact) mass is 255 g/mol. The third kappa shape index (κ3) is 2.71. The molecular weight excluding hydrogens is 246 g/mol. The lowest BCUT2D eigenvalue weighted by molar-refractivity contribution is 0.330. The van der Waals surface area contributed by atoms with E-state index in [4.69, 9.17) is 20.8 Å². The van der Waals surface area contributed by atoms with Crippen LogP contribution in [-0.4, -0.2) is 11.2 Å². The molecule has 0 aliphatic heterocycles. The molecule has 0 saturated carbocycles. The van der Waals surface area contributed by atoms with Crippen LogP contribution < -0.4 is 4.74 Å². The Hall–Kier alpha value is -1.13. The normalized spacial score (nSPS) is 10.4. The fourth-order valence-corrected chi connectivity index (χ4v) is 1.67. The summed E-state index contributed by atoms with van der Waals surface area (Å²) in [5.41, 5.74) is 0.664. The van der Waals surface area contributed by atoms with Crippen LogP contribution in [0.15, 0.2) is 39.8 Å². The number of thioether (sulfide) groups is 1. The number of rotatable bonds is 4. The van der Waals surface area contributed by atoms with Crippen molar-refractivity contribution in [2.24, 2.45) is 0 Å². The molecule has 0 amide bonds. The van der Waals surface area contributed by atoms with Crippen molar-refractivity contribution in [3.63, 3.8) is 0 Å². The van der Waals surface area contributed by atoms with E-state index in [1.54, 1.807) is 11.8 Å². The average Bonchev–Trinajstić information content (AvgIpc) is 2.78. The van der Waals surface area contributed by atoms with E-state index in [1.165, 1.54) is 11.2 Å². The summed E-state index contributed by atoms with van der Waals surface area (Å²) >= 11 is 7.28. The minimum absolute atomic E-state index is 0.215. The van der Waals surface area contributed by atoms with Crippen molar-refractivity contribution < 1.29 is 9.15 Å². The lowest BCUT2D eigenvalue weighted by atomic mass is 10.3. The molecule has 1 aromatic carbocycles. The van der Waals surface area contributed by atoms with Gasteiger partial charge in [0.1, 0.15) is 12.0 Å². The van der Waals surface area contributed by atoms with Crippen LogP contribution in [0.3, 0.4) is 0 Å². The lowest BCUT2D eigenvalue weighted by Gasteiger charge is -2.01. The van der Waals surface area contributed by atoms with Crippen LogP contribution in [0.2, 0.25) is 0 Å². The van der Waals surface area contributed by atoms with Gasteiger partial charge < -0.3 is 9.15 Å². The van der Waals surface area contributed by atoms with Gasteiger partial charge in [0.25, 0.3) is 0 Å². The SMILES string of the molecule is CSc1ccc(Oc2nc(CCl)co2)cc1. The van der Waals surface area contributed by atoms with Gasteiger partial charge in [-0.2, -0.15) is 4.98 Å². The Labute approximate surface area is 103 Å². The van der Waals surface area contributed by atoms with Gasteiger partial charge >= 0.3 is 6.08 Å². The second-order valence-corrected chi connectivity index (χ2v) is 4.16.